The summed E-state index contributed by atoms with van der Waals surface area (Å²) in [5.41, 5.74) is 8.11. The van der Waals surface area contributed by atoms with Gasteiger partial charge in [0.1, 0.15) is 0 Å². The first-order chi connectivity index (χ1) is 8.33. The summed E-state index contributed by atoms with van der Waals surface area (Å²) in [6.07, 6.45) is 2.22. The van der Waals surface area contributed by atoms with E-state index in [0.29, 0.717) is 5.17 Å². The maximum Gasteiger partial charge on any atom is 0.159 e. The Morgan fingerprint density at radius 1 is 1.24 bits per heavy atom. The molecule has 1 aromatic carbocycles. The van der Waals surface area contributed by atoms with E-state index in [1.807, 2.05) is 30.3 Å². The molecule has 0 aliphatic rings. The zero-order valence-electron chi connectivity index (χ0n) is 9.63. The van der Waals surface area contributed by atoms with Crippen molar-refractivity contribution in [3.8, 4) is 0 Å². The van der Waals surface area contributed by atoms with E-state index >= 15 is 0 Å². The number of benzene rings is 1. The molecule has 0 aliphatic heterocycles. The van der Waals surface area contributed by atoms with Crippen LogP contribution in [-0.2, 0) is 0 Å². The Labute approximate surface area is 111 Å². The van der Waals surface area contributed by atoms with Gasteiger partial charge in [-0.15, -0.1) is 11.8 Å². The Hall–Kier alpha value is -0.940. The van der Waals surface area contributed by atoms with Crippen LogP contribution in [-0.4, -0.2) is 22.2 Å². The van der Waals surface area contributed by atoms with Crippen LogP contribution >= 0.6 is 23.5 Å². The number of nitrogens with zero attached hydrogens (tertiary/aromatic N) is 1. The third-order valence-electron chi connectivity index (χ3n) is 1.99. The number of unbranched alkanes of at least 4 members (excludes halogenated alkanes) is 1. The van der Waals surface area contributed by atoms with Crippen molar-refractivity contribution in [1.82, 2.24) is 0 Å². The molecule has 0 saturated carbocycles. The highest BCUT2D eigenvalue weighted by Crippen LogP contribution is 2.14. The van der Waals surface area contributed by atoms with Crippen LogP contribution in [0.2, 0.25) is 0 Å². The van der Waals surface area contributed by atoms with Crippen molar-refractivity contribution in [2.24, 2.45) is 10.7 Å². The molecule has 0 spiro atoms. The van der Waals surface area contributed by atoms with E-state index in [4.69, 9.17) is 11.1 Å². The second-order valence-corrected chi connectivity index (χ2v) is 5.42. The summed E-state index contributed by atoms with van der Waals surface area (Å²) in [5.74, 6) is 2.00. The van der Waals surface area contributed by atoms with Crippen molar-refractivity contribution in [2.45, 2.75) is 12.8 Å². The largest absolute Gasteiger partial charge is 0.378 e. The summed E-state index contributed by atoms with van der Waals surface area (Å²) in [6.45, 7) is 0. The van der Waals surface area contributed by atoms with Crippen molar-refractivity contribution in [3.05, 3.63) is 30.3 Å². The molecule has 3 nitrogen and oxygen atoms in total. The highest BCUT2D eigenvalue weighted by molar-refractivity contribution is 8.13. The molecule has 0 aliphatic carbocycles. The number of hydrogen-bond donors (Lipinski definition) is 2. The maximum atomic E-state index is 6.87. The zero-order valence-corrected chi connectivity index (χ0v) is 11.3. The fraction of sp³-hybridized carbons (Fsp3) is 0.333. The van der Waals surface area contributed by atoms with Gasteiger partial charge in [-0.2, -0.15) is 0 Å². The Balaban J connectivity index is 2.18. The smallest absolute Gasteiger partial charge is 0.159 e. The Kier molecular flexibility index (Phi) is 7.58. The molecule has 0 unspecified atom stereocenters. The maximum absolute atomic E-state index is 6.87. The van der Waals surface area contributed by atoms with Crippen LogP contribution in [0.3, 0.4) is 0 Å². The van der Waals surface area contributed by atoms with E-state index in [1.165, 1.54) is 5.55 Å². The molecule has 0 heterocycles. The van der Waals surface area contributed by atoms with E-state index in [1.54, 1.807) is 23.5 Å². The standard InChI is InChI=1S/C12H17N3S2/c13-10-16-8-4-5-9-17-12(14)15-11-6-2-1-3-7-11/h1-3,6-7,10,13H,4-5,8-9H2,(H2,14,15). The third kappa shape index (κ3) is 7.07. The summed E-state index contributed by atoms with van der Waals surface area (Å²) >= 11 is 3.13. The Bertz CT molecular complexity index is 352. The van der Waals surface area contributed by atoms with Crippen LogP contribution in [0.1, 0.15) is 12.8 Å². The summed E-state index contributed by atoms with van der Waals surface area (Å²) in [4.78, 5) is 4.31. The average molecular weight is 267 g/mol. The topological polar surface area (TPSA) is 62.2 Å². The second kappa shape index (κ2) is 9.13. The number of para-hydroxylation sites is 1. The van der Waals surface area contributed by atoms with Gasteiger partial charge in [-0.1, -0.05) is 30.0 Å². The molecule has 0 saturated heterocycles. The molecule has 0 radical (unpaired) electrons. The van der Waals surface area contributed by atoms with Crippen LogP contribution in [0.25, 0.3) is 0 Å². The highest BCUT2D eigenvalue weighted by Gasteiger charge is 1.95. The molecule has 0 bridgehead atoms. The molecule has 0 aromatic heterocycles. The number of amidine groups is 1. The van der Waals surface area contributed by atoms with Crippen molar-refractivity contribution < 1.29 is 0 Å². The molecule has 0 amide bonds. The lowest BCUT2D eigenvalue weighted by molar-refractivity contribution is 0.911. The molecular weight excluding hydrogens is 250 g/mol. The van der Waals surface area contributed by atoms with Gasteiger partial charge in [-0.25, -0.2) is 4.99 Å². The van der Waals surface area contributed by atoms with E-state index in [9.17, 15) is 0 Å². The summed E-state index contributed by atoms with van der Waals surface area (Å²) in [6, 6.07) is 9.74. The van der Waals surface area contributed by atoms with E-state index in [2.05, 4.69) is 4.99 Å². The van der Waals surface area contributed by atoms with Gasteiger partial charge >= 0.3 is 0 Å². The van der Waals surface area contributed by atoms with Gasteiger partial charge in [0.25, 0.3) is 0 Å². The molecule has 3 N–H and O–H groups in total. The van der Waals surface area contributed by atoms with Crippen molar-refractivity contribution in [3.63, 3.8) is 0 Å². The third-order valence-corrected chi connectivity index (χ3v) is 3.56. The van der Waals surface area contributed by atoms with E-state index in [-0.39, 0.29) is 0 Å². The van der Waals surface area contributed by atoms with Gasteiger partial charge in [-0.3, -0.25) is 0 Å². The fourth-order valence-corrected chi connectivity index (χ4v) is 2.40. The lowest BCUT2D eigenvalue weighted by atomic mass is 10.3. The summed E-state index contributed by atoms with van der Waals surface area (Å²) in [7, 11) is 0. The van der Waals surface area contributed by atoms with Gasteiger partial charge in [0.2, 0.25) is 0 Å². The number of rotatable bonds is 7. The monoisotopic (exact) mass is 267 g/mol. The number of aliphatic imine (C=N–C) groups is 1. The molecule has 17 heavy (non-hydrogen) atoms. The van der Waals surface area contributed by atoms with Gasteiger partial charge in [-0.05, 0) is 30.7 Å². The van der Waals surface area contributed by atoms with Crippen molar-refractivity contribution in [1.29, 1.82) is 5.41 Å². The number of hydrogen-bond acceptors (Lipinski definition) is 4. The Morgan fingerprint density at radius 3 is 2.65 bits per heavy atom. The first-order valence-electron chi connectivity index (χ1n) is 5.45. The molecular formula is C12H17N3S2. The molecule has 1 aromatic rings. The summed E-state index contributed by atoms with van der Waals surface area (Å²) in [5, 5.41) is 7.49. The van der Waals surface area contributed by atoms with Crippen molar-refractivity contribution >= 4 is 39.9 Å². The van der Waals surface area contributed by atoms with E-state index < -0.39 is 0 Å². The van der Waals surface area contributed by atoms with Gasteiger partial charge in [0.15, 0.2) is 5.17 Å². The first-order valence-corrected chi connectivity index (χ1v) is 7.49. The predicted octanol–water partition coefficient (Wildman–Crippen LogP) is 3.49. The molecule has 5 heteroatoms. The molecule has 92 valence electrons. The van der Waals surface area contributed by atoms with Crippen LogP contribution in [0, 0.1) is 5.41 Å². The van der Waals surface area contributed by atoms with E-state index in [0.717, 1.165) is 30.0 Å². The highest BCUT2D eigenvalue weighted by atomic mass is 32.2. The minimum absolute atomic E-state index is 0.621. The normalized spacial score (nSPS) is 11.4. The van der Waals surface area contributed by atoms with Crippen molar-refractivity contribution in [2.75, 3.05) is 11.5 Å². The molecule has 1 rings (SSSR count). The number of nitrogens with two attached hydrogens (primary N) is 1. The molecule has 0 fully saturated rings. The average Bonchev–Trinajstić information content (AvgIpc) is 2.35. The van der Waals surface area contributed by atoms with Gasteiger partial charge in [0.05, 0.1) is 11.2 Å². The quantitative estimate of drug-likeness (QED) is 0.451. The predicted molar refractivity (Wildman–Crippen MR) is 80.7 cm³/mol. The SMILES string of the molecule is N=CSCCCCSC(N)=Nc1ccccc1. The van der Waals surface area contributed by atoms with Crippen LogP contribution in [0.5, 0.6) is 0 Å². The van der Waals surface area contributed by atoms with Crippen LogP contribution in [0.4, 0.5) is 5.69 Å². The Morgan fingerprint density at radius 2 is 1.94 bits per heavy atom. The van der Waals surface area contributed by atoms with Gasteiger partial charge in [0, 0.05) is 5.75 Å². The summed E-state index contributed by atoms with van der Waals surface area (Å²) < 4.78 is 0. The first kappa shape index (κ1) is 14.1. The number of thioether (sulfide) groups is 2. The minimum atomic E-state index is 0.621. The van der Waals surface area contributed by atoms with Crippen LogP contribution in [0.15, 0.2) is 35.3 Å². The minimum Gasteiger partial charge on any atom is -0.378 e. The zero-order chi connectivity index (χ0) is 12.3. The lowest BCUT2D eigenvalue weighted by Crippen LogP contribution is -2.06. The molecule has 0 atom stereocenters. The lowest BCUT2D eigenvalue weighted by Gasteiger charge is -2.00. The second-order valence-electron chi connectivity index (χ2n) is 3.33. The van der Waals surface area contributed by atoms with Crippen LogP contribution < -0.4 is 5.73 Å². The van der Waals surface area contributed by atoms with Gasteiger partial charge < -0.3 is 11.1 Å². The number of nitrogens with one attached hydrogen (secondary N) is 1. The fourth-order valence-electron chi connectivity index (χ4n) is 1.19.